The predicted molar refractivity (Wildman–Crippen MR) is 167 cm³/mol. The summed E-state index contributed by atoms with van der Waals surface area (Å²) in [6.07, 6.45) is 1.22. The molecule has 3 aliphatic rings. The highest BCUT2D eigenvalue weighted by Crippen LogP contribution is 2.63. The van der Waals surface area contributed by atoms with Crippen LogP contribution in [0, 0.1) is 5.92 Å². The van der Waals surface area contributed by atoms with Gasteiger partial charge in [0.2, 0.25) is 0 Å². The van der Waals surface area contributed by atoms with Crippen LogP contribution in [0.4, 0.5) is 0 Å². The molecule has 0 amide bonds. The zero-order chi connectivity index (χ0) is 31.5. The fourth-order valence-corrected chi connectivity index (χ4v) is 8.52. The fraction of sp³-hybridized carbons (Fsp3) is 0.471. The summed E-state index contributed by atoms with van der Waals surface area (Å²) >= 11 is 0. The minimum absolute atomic E-state index is 0.156. The number of fused-ring (bicyclic) bond motifs is 12. The van der Waals surface area contributed by atoms with Gasteiger partial charge in [-0.3, -0.25) is 9.59 Å². The highest BCUT2D eigenvalue weighted by atomic mass is 16.5. The Morgan fingerprint density at radius 3 is 1.52 bits per heavy atom. The van der Waals surface area contributed by atoms with E-state index in [0.29, 0.717) is 69.5 Å². The Bertz CT molecular complexity index is 1890. The molecule has 7 rings (SSSR count). The number of ether oxygens (including phenoxy) is 6. The Balaban J connectivity index is 1.51. The van der Waals surface area contributed by atoms with E-state index in [9.17, 15) is 9.59 Å². The highest BCUT2D eigenvalue weighted by molar-refractivity contribution is 5.95. The van der Waals surface area contributed by atoms with Crippen LogP contribution in [0.15, 0.2) is 33.9 Å². The van der Waals surface area contributed by atoms with Crippen LogP contribution in [0.3, 0.4) is 0 Å². The molecule has 4 atom stereocenters. The molecule has 1 saturated carbocycles. The van der Waals surface area contributed by atoms with Crippen LogP contribution in [0.5, 0.6) is 34.5 Å². The largest absolute Gasteiger partial charge is 0.493 e. The maximum Gasteiger partial charge on any atom is 0.258 e. The Kier molecular flexibility index (Phi) is 6.03. The van der Waals surface area contributed by atoms with Gasteiger partial charge in [-0.25, -0.2) is 0 Å². The number of nitrogens with zero attached hydrogens (tertiary/aromatic N) is 2. The Hall–Kier alpha value is -4.34. The molecule has 2 aromatic carbocycles. The molecular weight excluding hydrogens is 564 g/mol. The second kappa shape index (κ2) is 9.33. The van der Waals surface area contributed by atoms with Crippen molar-refractivity contribution < 1.29 is 28.4 Å². The van der Waals surface area contributed by atoms with E-state index in [-0.39, 0.29) is 28.9 Å². The van der Waals surface area contributed by atoms with Gasteiger partial charge in [0.05, 0.1) is 39.6 Å². The summed E-state index contributed by atoms with van der Waals surface area (Å²) in [7, 11) is 9.79. The van der Waals surface area contributed by atoms with E-state index in [1.807, 2.05) is 24.3 Å². The quantitative estimate of drug-likeness (QED) is 0.321. The molecule has 4 heterocycles. The molecule has 2 bridgehead atoms. The van der Waals surface area contributed by atoms with Gasteiger partial charge < -0.3 is 37.6 Å². The van der Waals surface area contributed by atoms with E-state index in [0.717, 1.165) is 10.8 Å². The number of benzene rings is 2. The SMILES string of the molecule is COc1ccc2c3c(c(=O)n(C)c2c1OC)[C@H]1C[C@@](C)(C[C@H]2c4c(c5ccc(OC)c(OC)c5n(C)c4=O)OC(C)(C)[C@H]12)O3. The first-order valence-corrected chi connectivity index (χ1v) is 14.8. The molecule has 232 valence electrons. The van der Waals surface area contributed by atoms with E-state index < -0.39 is 11.2 Å². The van der Waals surface area contributed by atoms with Crippen LogP contribution in [0.2, 0.25) is 0 Å². The lowest BCUT2D eigenvalue weighted by molar-refractivity contribution is -0.0798. The molecule has 10 nitrogen and oxygen atoms in total. The van der Waals surface area contributed by atoms with Crippen molar-refractivity contribution in [3.05, 3.63) is 56.1 Å². The molecule has 0 N–H and O–H groups in total. The van der Waals surface area contributed by atoms with Crippen LogP contribution in [0.1, 0.15) is 56.6 Å². The first-order chi connectivity index (χ1) is 20.9. The third-order valence-corrected chi connectivity index (χ3v) is 10.2. The molecular formula is C34H38N2O8. The molecule has 2 aromatic heterocycles. The maximum atomic E-state index is 14.3. The minimum Gasteiger partial charge on any atom is -0.493 e. The maximum absolute atomic E-state index is 14.3. The fourth-order valence-electron chi connectivity index (χ4n) is 8.52. The van der Waals surface area contributed by atoms with Gasteiger partial charge in [-0.1, -0.05) is 0 Å². The number of hydrogen-bond acceptors (Lipinski definition) is 8. The van der Waals surface area contributed by atoms with E-state index in [4.69, 9.17) is 28.4 Å². The lowest BCUT2D eigenvalue weighted by Crippen LogP contribution is -2.58. The standard InChI is InChI=1S/C34H38N2O8/c1-33(2)24-18(22-27(43-33)16-10-12-20(39-6)29(41-8)25(16)35(4)31(22)37)14-34(3)15-19(24)23-28(44-34)17-11-13-21(40-7)30(42-9)26(17)36(5)32(23)38/h10-13,18-19,24H,14-15H2,1-9H3/t18-,19+,24-,34+/m0/s1. The Morgan fingerprint density at radius 1 is 0.682 bits per heavy atom. The number of rotatable bonds is 4. The number of hydrogen-bond donors (Lipinski definition) is 0. The van der Waals surface area contributed by atoms with Crippen LogP contribution in [-0.4, -0.2) is 48.8 Å². The van der Waals surface area contributed by atoms with Crippen molar-refractivity contribution >= 4 is 21.8 Å². The van der Waals surface area contributed by atoms with Gasteiger partial charge in [0, 0.05) is 42.6 Å². The second-order valence-electron chi connectivity index (χ2n) is 13.0. The van der Waals surface area contributed by atoms with Crippen LogP contribution in [-0.2, 0) is 14.1 Å². The molecule has 10 heteroatoms. The van der Waals surface area contributed by atoms with Crippen LogP contribution >= 0.6 is 0 Å². The average Bonchev–Trinajstić information content (AvgIpc) is 2.99. The lowest BCUT2D eigenvalue weighted by atomic mass is 9.56. The summed E-state index contributed by atoms with van der Waals surface area (Å²) in [5.41, 5.74) is 0.791. The van der Waals surface area contributed by atoms with Crippen molar-refractivity contribution in [1.82, 2.24) is 9.13 Å². The molecule has 0 unspecified atom stereocenters. The third-order valence-electron chi connectivity index (χ3n) is 10.2. The van der Waals surface area contributed by atoms with Gasteiger partial charge in [0.15, 0.2) is 23.0 Å². The number of aryl methyl sites for hydroxylation is 2. The molecule has 1 aliphatic carbocycles. The van der Waals surface area contributed by atoms with Gasteiger partial charge in [0.1, 0.15) is 33.7 Å². The first kappa shape index (κ1) is 28.4. The summed E-state index contributed by atoms with van der Waals surface area (Å²) < 4.78 is 39.5. The number of methoxy groups -OCH3 is 4. The van der Waals surface area contributed by atoms with E-state index in [1.165, 1.54) is 0 Å². The van der Waals surface area contributed by atoms with Crippen molar-refractivity contribution in [2.45, 2.75) is 56.7 Å². The highest BCUT2D eigenvalue weighted by Gasteiger charge is 2.59. The van der Waals surface area contributed by atoms with Gasteiger partial charge in [-0.2, -0.15) is 0 Å². The van der Waals surface area contributed by atoms with Crippen LogP contribution in [0.25, 0.3) is 21.8 Å². The van der Waals surface area contributed by atoms with E-state index in [1.54, 1.807) is 51.7 Å². The topological polar surface area (TPSA) is 99.4 Å². The van der Waals surface area contributed by atoms with Crippen LogP contribution < -0.4 is 39.5 Å². The van der Waals surface area contributed by atoms with Crippen molar-refractivity contribution in [3.8, 4) is 34.5 Å². The summed E-state index contributed by atoms with van der Waals surface area (Å²) in [5, 5.41) is 1.56. The molecule has 44 heavy (non-hydrogen) atoms. The minimum atomic E-state index is -0.720. The summed E-state index contributed by atoms with van der Waals surface area (Å²) in [6, 6.07) is 7.53. The van der Waals surface area contributed by atoms with E-state index >= 15 is 0 Å². The van der Waals surface area contributed by atoms with Crippen molar-refractivity contribution in [3.63, 3.8) is 0 Å². The van der Waals surface area contributed by atoms with Crippen molar-refractivity contribution in [2.24, 2.45) is 20.0 Å². The van der Waals surface area contributed by atoms with Gasteiger partial charge in [0.25, 0.3) is 11.1 Å². The normalized spacial score (nSPS) is 24.4. The molecule has 2 aliphatic heterocycles. The summed E-state index contributed by atoms with van der Waals surface area (Å²) in [4.78, 5) is 28.6. The molecule has 1 fully saturated rings. The van der Waals surface area contributed by atoms with Gasteiger partial charge >= 0.3 is 0 Å². The third kappa shape index (κ3) is 3.53. The Morgan fingerprint density at radius 2 is 1.11 bits per heavy atom. The first-order valence-electron chi connectivity index (χ1n) is 14.8. The average molecular weight is 603 g/mol. The zero-order valence-corrected chi connectivity index (χ0v) is 26.6. The smallest absolute Gasteiger partial charge is 0.258 e. The van der Waals surface area contributed by atoms with E-state index in [2.05, 4.69) is 20.8 Å². The predicted octanol–water partition coefficient (Wildman–Crippen LogP) is 5.02. The molecule has 0 spiro atoms. The van der Waals surface area contributed by atoms with Crippen molar-refractivity contribution in [2.75, 3.05) is 28.4 Å². The lowest BCUT2D eigenvalue weighted by Gasteiger charge is -2.57. The summed E-state index contributed by atoms with van der Waals surface area (Å²) in [6.45, 7) is 6.22. The number of aromatic nitrogens is 2. The molecule has 4 aromatic rings. The molecule has 0 radical (unpaired) electrons. The van der Waals surface area contributed by atoms with Gasteiger partial charge in [-0.05, 0) is 57.9 Å². The molecule has 0 saturated heterocycles. The monoisotopic (exact) mass is 602 g/mol. The summed E-state index contributed by atoms with van der Waals surface area (Å²) in [5.74, 6) is 2.56. The van der Waals surface area contributed by atoms with Gasteiger partial charge in [-0.15, -0.1) is 0 Å². The Labute approximate surface area is 255 Å². The second-order valence-corrected chi connectivity index (χ2v) is 13.0. The van der Waals surface area contributed by atoms with Crippen molar-refractivity contribution in [1.29, 1.82) is 0 Å². The zero-order valence-electron chi connectivity index (χ0n) is 26.6. The number of pyridine rings is 2.